The Morgan fingerprint density at radius 3 is 2.80 bits per heavy atom. The molecule has 1 unspecified atom stereocenters. The third-order valence-corrected chi connectivity index (χ3v) is 2.54. The van der Waals surface area contributed by atoms with E-state index >= 15 is 0 Å². The van der Waals surface area contributed by atoms with Gasteiger partial charge in [0.05, 0.1) is 0 Å². The number of unbranched alkanes of at least 4 members (excludes halogenated alkanes) is 1. The second-order valence-corrected chi connectivity index (χ2v) is 3.69. The molecule has 1 N–H and O–H groups in total. The minimum Gasteiger partial charge on any atom is -0.312 e. The summed E-state index contributed by atoms with van der Waals surface area (Å²) in [5.74, 6) is 0. The smallest absolute Gasteiger partial charge is 0.0153 e. The van der Waals surface area contributed by atoms with Gasteiger partial charge in [-0.15, -0.1) is 0 Å². The van der Waals surface area contributed by atoms with Crippen molar-refractivity contribution in [2.24, 2.45) is 0 Å². The highest BCUT2D eigenvalue weighted by Gasteiger charge is 2.26. The zero-order valence-corrected chi connectivity index (χ0v) is 7.24. The van der Waals surface area contributed by atoms with Crippen molar-refractivity contribution in [2.45, 2.75) is 51.5 Å². The van der Waals surface area contributed by atoms with Crippen molar-refractivity contribution in [1.29, 1.82) is 0 Å². The minimum absolute atomic E-state index is 0.496. The van der Waals surface area contributed by atoms with Crippen molar-refractivity contribution in [3.05, 3.63) is 0 Å². The second-order valence-electron chi connectivity index (χ2n) is 3.69. The van der Waals surface area contributed by atoms with Gasteiger partial charge in [0, 0.05) is 5.54 Å². The van der Waals surface area contributed by atoms with Crippen LogP contribution in [0.1, 0.15) is 46.0 Å². The molecule has 0 amide bonds. The number of rotatable bonds is 3. The molecule has 0 aromatic rings. The largest absolute Gasteiger partial charge is 0.312 e. The molecular formula is C9H19N. The van der Waals surface area contributed by atoms with E-state index in [0.717, 1.165) is 0 Å². The Hall–Kier alpha value is -0.0400. The van der Waals surface area contributed by atoms with Crippen LogP contribution in [0.2, 0.25) is 0 Å². The summed E-state index contributed by atoms with van der Waals surface area (Å²) in [6.07, 6.45) is 6.83. The quantitative estimate of drug-likeness (QED) is 0.636. The van der Waals surface area contributed by atoms with Crippen molar-refractivity contribution in [3.63, 3.8) is 0 Å². The molecule has 1 rings (SSSR count). The van der Waals surface area contributed by atoms with E-state index in [0.29, 0.717) is 5.54 Å². The van der Waals surface area contributed by atoms with Crippen LogP contribution in [-0.2, 0) is 0 Å². The second kappa shape index (κ2) is 3.38. The van der Waals surface area contributed by atoms with Crippen LogP contribution in [0.3, 0.4) is 0 Å². The predicted molar refractivity (Wildman–Crippen MR) is 45.2 cm³/mol. The van der Waals surface area contributed by atoms with Gasteiger partial charge in [0.2, 0.25) is 0 Å². The first-order valence-corrected chi connectivity index (χ1v) is 4.52. The van der Waals surface area contributed by atoms with Crippen molar-refractivity contribution < 1.29 is 0 Å². The SMILES string of the molecule is CCCCC1(C)CCCN1. The van der Waals surface area contributed by atoms with Crippen molar-refractivity contribution in [2.75, 3.05) is 6.54 Å². The molecule has 0 radical (unpaired) electrons. The third kappa shape index (κ3) is 1.98. The molecule has 0 aliphatic carbocycles. The topological polar surface area (TPSA) is 12.0 Å². The maximum Gasteiger partial charge on any atom is 0.0153 e. The first-order chi connectivity index (χ1) is 4.77. The molecule has 0 bridgehead atoms. The lowest BCUT2D eigenvalue weighted by molar-refractivity contribution is 0.371. The molecule has 60 valence electrons. The molecule has 1 saturated heterocycles. The standard InChI is InChI=1S/C9H19N/c1-3-4-6-9(2)7-5-8-10-9/h10H,3-8H2,1-2H3. The molecule has 1 heterocycles. The van der Waals surface area contributed by atoms with Crippen molar-refractivity contribution in [1.82, 2.24) is 5.32 Å². The molecule has 0 aromatic carbocycles. The van der Waals surface area contributed by atoms with Gasteiger partial charge in [0.15, 0.2) is 0 Å². The van der Waals surface area contributed by atoms with E-state index < -0.39 is 0 Å². The normalized spacial score (nSPS) is 33.0. The fraction of sp³-hybridized carbons (Fsp3) is 1.00. The van der Waals surface area contributed by atoms with Crippen molar-refractivity contribution in [3.8, 4) is 0 Å². The van der Waals surface area contributed by atoms with Crippen LogP contribution in [0, 0.1) is 0 Å². The van der Waals surface area contributed by atoms with Crippen LogP contribution in [0.4, 0.5) is 0 Å². The number of nitrogens with one attached hydrogen (secondary N) is 1. The van der Waals surface area contributed by atoms with Gasteiger partial charge >= 0.3 is 0 Å². The molecule has 1 aliphatic heterocycles. The lowest BCUT2D eigenvalue weighted by Gasteiger charge is -2.23. The molecule has 1 fully saturated rings. The lowest BCUT2D eigenvalue weighted by atomic mass is 9.94. The van der Waals surface area contributed by atoms with E-state index in [-0.39, 0.29) is 0 Å². The summed E-state index contributed by atoms with van der Waals surface area (Å²) in [4.78, 5) is 0. The van der Waals surface area contributed by atoms with Crippen LogP contribution < -0.4 is 5.32 Å². The Morgan fingerprint density at radius 1 is 1.50 bits per heavy atom. The zero-order chi connectivity index (χ0) is 7.45. The van der Waals surface area contributed by atoms with Crippen LogP contribution in [0.15, 0.2) is 0 Å². The summed E-state index contributed by atoms with van der Waals surface area (Å²) < 4.78 is 0. The summed E-state index contributed by atoms with van der Waals surface area (Å²) >= 11 is 0. The van der Waals surface area contributed by atoms with E-state index in [2.05, 4.69) is 19.2 Å². The van der Waals surface area contributed by atoms with E-state index in [9.17, 15) is 0 Å². The van der Waals surface area contributed by atoms with E-state index in [4.69, 9.17) is 0 Å². The van der Waals surface area contributed by atoms with Gasteiger partial charge in [0.25, 0.3) is 0 Å². The van der Waals surface area contributed by atoms with Crippen LogP contribution >= 0.6 is 0 Å². The van der Waals surface area contributed by atoms with Crippen LogP contribution in [0.25, 0.3) is 0 Å². The van der Waals surface area contributed by atoms with Gasteiger partial charge in [-0.2, -0.15) is 0 Å². The van der Waals surface area contributed by atoms with Gasteiger partial charge < -0.3 is 5.32 Å². The number of hydrogen-bond donors (Lipinski definition) is 1. The summed E-state index contributed by atoms with van der Waals surface area (Å²) in [6.45, 7) is 5.86. The highest BCUT2D eigenvalue weighted by molar-refractivity contribution is 4.87. The fourth-order valence-corrected chi connectivity index (χ4v) is 1.74. The Balaban J connectivity index is 2.22. The number of hydrogen-bond acceptors (Lipinski definition) is 1. The molecule has 10 heavy (non-hydrogen) atoms. The van der Waals surface area contributed by atoms with Crippen LogP contribution in [0.5, 0.6) is 0 Å². The zero-order valence-electron chi connectivity index (χ0n) is 7.24. The molecule has 1 atom stereocenters. The Kier molecular flexibility index (Phi) is 2.72. The average Bonchev–Trinajstić information content (AvgIpc) is 2.33. The summed E-state index contributed by atoms with van der Waals surface area (Å²) in [7, 11) is 0. The maximum atomic E-state index is 3.57. The van der Waals surface area contributed by atoms with E-state index in [1.807, 2.05) is 0 Å². The fourth-order valence-electron chi connectivity index (χ4n) is 1.74. The molecule has 0 spiro atoms. The third-order valence-electron chi connectivity index (χ3n) is 2.54. The van der Waals surface area contributed by atoms with Crippen LogP contribution in [-0.4, -0.2) is 12.1 Å². The van der Waals surface area contributed by atoms with E-state index in [1.165, 1.54) is 38.6 Å². The molecule has 0 aromatic heterocycles. The monoisotopic (exact) mass is 141 g/mol. The average molecular weight is 141 g/mol. The Morgan fingerprint density at radius 2 is 2.30 bits per heavy atom. The minimum atomic E-state index is 0.496. The molecule has 1 aliphatic rings. The van der Waals surface area contributed by atoms with Gasteiger partial charge in [-0.1, -0.05) is 19.8 Å². The highest BCUT2D eigenvalue weighted by atomic mass is 15.0. The van der Waals surface area contributed by atoms with Crippen molar-refractivity contribution >= 4 is 0 Å². The summed E-state index contributed by atoms with van der Waals surface area (Å²) in [6, 6.07) is 0. The Labute approximate surface area is 64.2 Å². The first kappa shape index (κ1) is 8.06. The molecule has 1 heteroatoms. The van der Waals surface area contributed by atoms with Gasteiger partial charge in [-0.25, -0.2) is 0 Å². The predicted octanol–water partition coefficient (Wildman–Crippen LogP) is 2.32. The van der Waals surface area contributed by atoms with Gasteiger partial charge in [-0.05, 0) is 32.7 Å². The maximum absolute atomic E-state index is 3.57. The van der Waals surface area contributed by atoms with Gasteiger partial charge in [0.1, 0.15) is 0 Å². The Bertz CT molecular complexity index is 92.9. The van der Waals surface area contributed by atoms with Gasteiger partial charge in [-0.3, -0.25) is 0 Å². The highest BCUT2D eigenvalue weighted by Crippen LogP contribution is 2.23. The lowest BCUT2D eigenvalue weighted by Crippen LogP contribution is -2.35. The first-order valence-electron chi connectivity index (χ1n) is 4.52. The summed E-state index contributed by atoms with van der Waals surface area (Å²) in [5, 5.41) is 3.57. The molecule has 1 nitrogen and oxygen atoms in total. The van der Waals surface area contributed by atoms with E-state index in [1.54, 1.807) is 0 Å². The summed E-state index contributed by atoms with van der Waals surface area (Å²) in [5.41, 5.74) is 0.496. The molecule has 0 saturated carbocycles. The molecular weight excluding hydrogens is 122 g/mol.